The van der Waals surface area contributed by atoms with Gasteiger partial charge in [-0.2, -0.15) is 9.97 Å². The highest BCUT2D eigenvalue weighted by atomic mass is 35.5. The lowest BCUT2D eigenvalue weighted by atomic mass is 10.2. The van der Waals surface area contributed by atoms with Crippen molar-refractivity contribution in [2.45, 2.75) is 13.8 Å². The van der Waals surface area contributed by atoms with Gasteiger partial charge in [-0.05, 0) is 6.92 Å². The number of Topliss-reactive ketones (excluding diaryl/α,β-unsaturated/α-hetero) is 1. The number of aromatic nitrogens is 2. The van der Waals surface area contributed by atoms with Crippen molar-refractivity contribution in [1.82, 2.24) is 9.97 Å². The van der Waals surface area contributed by atoms with Crippen molar-refractivity contribution in [3.63, 3.8) is 0 Å². The highest BCUT2D eigenvalue weighted by Gasteiger charge is 2.13. The fourth-order valence-corrected chi connectivity index (χ4v) is 1.08. The van der Waals surface area contributed by atoms with Crippen molar-refractivity contribution in [2.75, 3.05) is 7.11 Å². The number of hydrogen-bond acceptors (Lipinski definition) is 4. The Morgan fingerprint density at radius 1 is 1.46 bits per heavy atom. The number of carbonyl (C=O) groups excluding carboxylic acids is 1. The first-order valence-corrected chi connectivity index (χ1v) is 4.03. The second-order valence-electron chi connectivity index (χ2n) is 2.51. The summed E-state index contributed by atoms with van der Waals surface area (Å²) in [5, 5.41) is 0.285. The lowest BCUT2D eigenvalue weighted by Crippen LogP contribution is -2.04. The normalized spacial score (nSPS) is 9.85. The molecule has 1 aromatic heterocycles. The average molecular weight is 201 g/mol. The molecule has 1 aromatic rings. The standard InChI is InChI=1S/C8H9ClN2O2/c1-4-6(9)7(5(2)12)11-8(10-4)13-3/h1-3H3. The molecule has 0 fully saturated rings. The molecule has 0 spiro atoms. The average Bonchev–Trinajstić information content (AvgIpc) is 2.09. The van der Waals surface area contributed by atoms with Gasteiger partial charge in [-0.15, -0.1) is 0 Å². The summed E-state index contributed by atoms with van der Waals surface area (Å²) in [6, 6.07) is 0.159. The monoisotopic (exact) mass is 200 g/mol. The third-order valence-electron chi connectivity index (χ3n) is 1.51. The lowest BCUT2D eigenvalue weighted by molar-refractivity contribution is 0.101. The number of ketones is 1. The summed E-state index contributed by atoms with van der Waals surface area (Å²) in [5.74, 6) is -0.200. The van der Waals surface area contributed by atoms with Gasteiger partial charge < -0.3 is 4.74 Å². The zero-order valence-electron chi connectivity index (χ0n) is 7.59. The third-order valence-corrected chi connectivity index (χ3v) is 1.96. The first kappa shape index (κ1) is 9.92. The summed E-state index contributed by atoms with van der Waals surface area (Å²) in [5.41, 5.74) is 0.740. The van der Waals surface area contributed by atoms with Gasteiger partial charge in [-0.1, -0.05) is 11.6 Å². The van der Waals surface area contributed by atoms with E-state index in [9.17, 15) is 4.79 Å². The predicted molar refractivity (Wildman–Crippen MR) is 48.3 cm³/mol. The van der Waals surface area contributed by atoms with Crippen LogP contribution in [0.2, 0.25) is 5.02 Å². The van der Waals surface area contributed by atoms with Crippen molar-refractivity contribution in [1.29, 1.82) is 0 Å². The Labute approximate surface area is 80.9 Å². The predicted octanol–water partition coefficient (Wildman–Crippen LogP) is 1.65. The van der Waals surface area contributed by atoms with Crippen molar-refractivity contribution in [3.8, 4) is 6.01 Å². The molecule has 0 saturated carbocycles. The number of methoxy groups -OCH3 is 1. The Morgan fingerprint density at radius 2 is 2.08 bits per heavy atom. The largest absolute Gasteiger partial charge is 0.467 e. The number of halogens is 1. The Balaban J connectivity index is 3.33. The molecular weight excluding hydrogens is 192 g/mol. The molecule has 0 aliphatic heterocycles. The Kier molecular flexibility index (Phi) is 2.83. The first-order valence-electron chi connectivity index (χ1n) is 3.65. The zero-order chi connectivity index (χ0) is 10.0. The van der Waals surface area contributed by atoms with E-state index in [1.807, 2.05) is 0 Å². The van der Waals surface area contributed by atoms with Crippen molar-refractivity contribution in [2.24, 2.45) is 0 Å². The van der Waals surface area contributed by atoms with E-state index in [-0.39, 0.29) is 22.5 Å². The topological polar surface area (TPSA) is 52.1 Å². The van der Waals surface area contributed by atoms with Crippen LogP contribution in [0.1, 0.15) is 23.1 Å². The number of hydrogen-bond donors (Lipinski definition) is 0. The molecule has 5 heteroatoms. The summed E-state index contributed by atoms with van der Waals surface area (Å²) in [6.45, 7) is 3.09. The molecule has 0 aliphatic rings. The van der Waals surface area contributed by atoms with E-state index in [4.69, 9.17) is 16.3 Å². The van der Waals surface area contributed by atoms with Gasteiger partial charge in [0.05, 0.1) is 17.8 Å². The molecule has 1 rings (SSSR count). The minimum absolute atomic E-state index is 0.159. The maximum atomic E-state index is 11.1. The highest BCUT2D eigenvalue weighted by molar-refractivity contribution is 6.34. The van der Waals surface area contributed by atoms with Gasteiger partial charge in [0, 0.05) is 6.92 Å². The van der Waals surface area contributed by atoms with Crippen LogP contribution in [0.3, 0.4) is 0 Å². The zero-order valence-corrected chi connectivity index (χ0v) is 8.34. The van der Waals surface area contributed by atoms with E-state index in [0.29, 0.717) is 5.69 Å². The van der Waals surface area contributed by atoms with E-state index in [1.54, 1.807) is 6.92 Å². The summed E-state index contributed by atoms with van der Waals surface area (Å²) >= 11 is 5.82. The minimum atomic E-state index is -0.200. The Hall–Kier alpha value is -1.16. The van der Waals surface area contributed by atoms with Crippen LogP contribution >= 0.6 is 11.6 Å². The second kappa shape index (κ2) is 3.70. The SMILES string of the molecule is COc1nc(C)c(Cl)c(C(C)=O)n1. The molecule has 4 nitrogen and oxygen atoms in total. The maximum Gasteiger partial charge on any atom is 0.317 e. The summed E-state index contributed by atoms with van der Waals surface area (Å²) in [7, 11) is 1.44. The molecule has 0 unspecified atom stereocenters. The number of ether oxygens (including phenoxy) is 1. The van der Waals surface area contributed by atoms with Gasteiger partial charge in [0.1, 0.15) is 5.69 Å². The summed E-state index contributed by atoms with van der Waals surface area (Å²) < 4.78 is 4.81. The quantitative estimate of drug-likeness (QED) is 0.682. The fraction of sp³-hybridized carbons (Fsp3) is 0.375. The molecule has 13 heavy (non-hydrogen) atoms. The van der Waals surface area contributed by atoms with Gasteiger partial charge in [-0.25, -0.2) is 0 Å². The van der Waals surface area contributed by atoms with E-state index < -0.39 is 0 Å². The molecule has 0 aliphatic carbocycles. The van der Waals surface area contributed by atoms with Crippen LogP contribution in [0.5, 0.6) is 6.01 Å². The van der Waals surface area contributed by atoms with Gasteiger partial charge in [-0.3, -0.25) is 4.79 Å². The number of rotatable bonds is 2. The fourth-order valence-electron chi connectivity index (χ4n) is 0.858. The molecule has 0 atom stereocenters. The van der Waals surface area contributed by atoms with Crippen molar-refractivity contribution < 1.29 is 9.53 Å². The van der Waals surface area contributed by atoms with Crippen molar-refractivity contribution in [3.05, 3.63) is 16.4 Å². The minimum Gasteiger partial charge on any atom is -0.467 e. The molecule has 0 saturated heterocycles. The maximum absolute atomic E-state index is 11.1. The second-order valence-corrected chi connectivity index (χ2v) is 2.89. The van der Waals surface area contributed by atoms with Crippen LogP contribution in [0.15, 0.2) is 0 Å². The van der Waals surface area contributed by atoms with E-state index in [0.717, 1.165) is 0 Å². The molecule has 0 radical (unpaired) electrons. The molecule has 0 aromatic carbocycles. The van der Waals surface area contributed by atoms with E-state index in [1.165, 1.54) is 14.0 Å². The van der Waals surface area contributed by atoms with Gasteiger partial charge in [0.15, 0.2) is 5.78 Å². The van der Waals surface area contributed by atoms with Gasteiger partial charge in [0.2, 0.25) is 0 Å². The van der Waals surface area contributed by atoms with Gasteiger partial charge >= 0.3 is 6.01 Å². The van der Waals surface area contributed by atoms with E-state index in [2.05, 4.69) is 9.97 Å². The molecule has 0 bridgehead atoms. The first-order chi connectivity index (χ1) is 6.06. The summed E-state index contributed by atoms with van der Waals surface area (Å²) in [4.78, 5) is 18.8. The summed E-state index contributed by atoms with van der Waals surface area (Å²) in [6.07, 6.45) is 0. The van der Waals surface area contributed by atoms with Crippen LogP contribution in [-0.4, -0.2) is 22.9 Å². The molecule has 1 heterocycles. The van der Waals surface area contributed by atoms with E-state index >= 15 is 0 Å². The van der Waals surface area contributed by atoms with Gasteiger partial charge in [0.25, 0.3) is 0 Å². The molecule has 0 N–H and O–H groups in total. The van der Waals surface area contributed by atoms with Crippen LogP contribution in [-0.2, 0) is 0 Å². The molecule has 70 valence electrons. The Morgan fingerprint density at radius 3 is 2.54 bits per heavy atom. The van der Waals surface area contributed by atoms with Crippen LogP contribution in [0, 0.1) is 6.92 Å². The smallest absolute Gasteiger partial charge is 0.317 e. The number of aryl methyl sites for hydroxylation is 1. The number of carbonyl (C=O) groups is 1. The number of nitrogens with zero attached hydrogens (tertiary/aromatic N) is 2. The van der Waals surface area contributed by atoms with Crippen LogP contribution in [0.25, 0.3) is 0 Å². The molecular formula is C8H9ClN2O2. The molecule has 0 amide bonds. The Bertz CT molecular complexity index is 352. The van der Waals surface area contributed by atoms with Crippen LogP contribution < -0.4 is 4.74 Å². The highest BCUT2D eigenvalue weighted by Crippen LogP contribution is 2.20. The third kappa shape index (κ3) is 1.95. The van der Waals surface area contributed by atoms with Crippen LogP contribution in [0.4, 0.5) is 0 Å². The lowest BCUT2D eigenvalue weighted by Gasteiger charge is -2.04. The van der Waals surface area contributed by atoms with Crippen molar-refractivity contribution >= 4 is 17.4 Å².